The van der Waals surface area contributed by atoms with Gasteiger partial charge in [0.05, 0.1) is 0 Å². The van der Waals surface area contributed by atoms with E-state index in [1.165, 1.54) is 0 Å². The largest absolute Gasteiger partial charge is 0.444 e. The molecule has 2 unspecified atom stereocenters. The zero-order valence-electron chi connectivity index (χ0n) is 11.8. The van der Waals surface area contributed by atoms with Crippen LogP contribution >= 0.6 is 0 Å². The predicted octanol–water partition coefficient (Wildman–Crippen LogP) is 2.33. The van der Waals surface area contributed by atoms with Crippen molar-refractivity contribution in [1.29, 1.82) is 0 Å². The fourth-order valence-electron chi connectivity index (χ4n) is 2.24. The van der Waals surface area contributed by atoms with Gasteiger partial charge in [0.15, 0.2) is 0 Å². The van der Waals surface area contributed by atoms with E-state index in [0.29, 0.717) is 19.5 Å². The van der Waals surface area contributed by atoms with E-state index in [-0.39, 0.29) is 12.1 Å². The molecular formula is C13H25FN2O2. The number of likely N-dealkylation sites (tertiary alicyclic amines) is 1. The van der Waals surface area contributed by atoms with Crippen LogP contribution in [0.1, 0.15) is 40.0 Å². The van der Waals surface area contributed by atoms with Gasteiger partial charge in [0.25, 0.3) is 0 Å². The summed E-state index contributed by atoms with van der Waals surface area (Å²) in [7, 11) is 1.73. The van der Waals surface area contributed by atoms with E-state index in [0.717, 1.165) is 12.8 Å². The van der Waals surface area contributed by atoms with Crippen molar-refractivity contribution in [1.82, 2.24) is 10.2 Å². The fraction of sp³-hybridized carbons (Fsp3) is 0.923. The minimum Gasteiger partial charge on any atom is -0.444 e. The van der Waals surface area contributed by atoms with Gasteiger partial charge >= 0.3 is 6.09 Å². The normalized spacial score (nSPS) is 22.1. The third-order valence-corrected chi connectivity index (χ3v) is 2.96. The highest BCUT2D eigenvalue weighted by Crippen LogP contribution is 2.24. The second kappa shape index (κ2) is 6.36. The van der Waals surface area contributed by atoms with Crippen molar-refractivity contribution in [2.45, 2.75) is 57.8 Å². The molecule has 4 nitrogen and oxygen atoms in total. The summed E-state index contributed by atoms with van der Waals surface area (Å²) >= 11 is 0. The van der Waals surface area contributed by atoms with Crippen LogP contribution in [0.25, 0.3) is 0 Å². The molecule has 1 rings (SSSR count). The van der Waals surface area contributed by atoms with Crippen molar-refractivity contribution < 1.29 is 13.9 Å². The van der Waals surface area contributed by atoms with Crippen LogP contribution in [-0.2, 0) is 4.74 Å². The number of hydrogen-bond donors (Lipinski definition) is 1. The summed E-state index contributed by atoms with van der Waals surface area (Å²) in [4.78, 5) is 13.7. The number of nitrogens with one attached hydrogen (secondary N) is 1. The average molecular weight is 260 g/mol. The van der Waals surface area contributed by atoms with Crippen LogP contribution in [0.15, 0.2) is 0 Å². The Bertz CT molecular complexity index is 279. The summed E-state index contributed by atoms with van der Waals surface area (Å²) < 4.78 is 18.9. The van der Waals surface area contributed by atoms with Crippen LogP contribution in [-0.4, -0.2) is 48.9 Å². The Morgan fingerprint density at radius 3 is 2.78 bits per heavy atom. The average Bonchev–Trinajstić information content (AvgIpc) is 2.63. The third-order valence-electron chi connectivity index (χ3n) is 2.96. The lowest BCUT2D eigenvalue weighted by molar-refractivity contribution is 0.0203. The molecule has 0 radical (unpaired) electrons. The van der Waals surface area contributed by atoms with Crippen LogP contribution in [0.2, 0.25) is 0 Å². The molecule has 1 N–H and O–H groups in total. The minimum absolute atomic E-state index is 0.0248. The Kier molecular flexibility index (Phi) is 5.38. The number of carbonyl (C=O) groups excluding carboxylic acids is 1. The predicted molar refractivity (Wildman–Crippen MR) is 69.4 cm³/mol. The number of nitrogens with zero attached hydrogens (tertiary/aromatic N) is 1. The molecule has 0 bridgehead atoms. The Morgan fingerprint density at radius 2 is 2.22 bits per heavy atom. The first-order valence-corrected chi connectivity index (χ1v) is 6.62. The van der Waals surface area contributed by atoms with Crippen LogP contribution in [0, 0.1) is 0 Å². The van der Waals surface area contributed by atoms with Gasteiger partial charge in [0.1, 0.15) is 11.8 Å². The SMILES string of the molecule is CNCC(F)CC1CCCN1C(=O)OC(C)(C)C. The summed E-state index contributed by atoms with van der Waals surface area (Å²) in [6, 6.07) is -0.0248. The molecule has 0 aliphatic carbocycles. The molecule has 1 aliphatic rings. The molecule has 5 heteroatoms. The Balaban J connectivity index is 2.51. The topological polar surface area (TPSA) is 41.6 Å². The van der Waals surface area contributed by atoms with E-state index in [1.807, 2.05) is 20.8 Å². The monoisotopic (exact) mass is 260 g/mol. The number of amides is 1. The lowest BCUT2D eigenvalue weighted by Gasteiger charge is -2.29. The van der Waals surface area contributed by atoms with Gasteiger partial charge in [0, 0.05) is 25.6 Å². The van der Waals surface area contributed by atoms with Gasteiger partial charge in [-0.25, -0.2) is 9.18 Å². The van der Waals surface area contributed by atoms with Crippen molar-refractivity contribution in [3.63, 3.8) is 0 Å². The Morgan fingerprint density at radius 1 is 1.56 bits per heavy atom. The molecule has 0 saturated carbocycles. The van der Waals surface area contributed by atoms with Crippen LogP contribution in [0.5, 0.6) is 0 Å². The van der Waals surface area contributed by atoms with Gasteiger partial charge in [-0.3, -0.25) is 0 Å². The molecule has 1 fully saturated rings. The quantitative estimate of drug-likeness (QED) is 0.843. The minimum atomic E-state index is -0.914. The zero-order valence-corrected chi connectivity index (χ0v) is 11.8. The second-order valence-corrected chi connectivity index (χ2v) is 5.86. The van der Waals surface area contributed by atoms with Crippen molar-refractivity contribution in [3.05, 3.63) is 0 Å². The van der Waals surface area contributed by atoms with Crippen molar-refractivity contribution in [2.24, 2.45) is 0 Å². The van der Waals surface area contributed by atoms with Crippen molar-refractivity contribution in [2.75, 3.05) is 20.1 Å². The molecule has 0 aromatic rings. The van der Waals surface area contributed by atoms with Gasteiger partial charge in [0.2, 0.25) is 0 Å². The smallest absolute Gasteiger partial charge is 0.410 e. The van der Waals surface area contributed by atoms with E-state index < -0.39 is 11.8 Å². The first-order valence-electron chi connectivity index (χ1n) is 6.62. The molecule has 0 aromatic carbocycles. The maximum absolute atomic E-state index is 13.6. The number of carbonyl (C=O) groups is 1. The highest BCUT2D eigenvalue weighted by Gasteiger charge is 2.33. The van der Waals surface area contributed by atoms with E-state index >= 15 is 0 Å². The summed E-state index contributed by atoms with van der Waals surface area (Å²) in [6.07, 6.45) is 0.948. The van der Waals surface area contributed by atoms with E-state index in [9.17, 15) is 9.18 Å². The molecule has 1 heterocycles. The number of alkyl halides is 1. The van der Waals surface area contributed by atoms with E-state index in [2.05, 4.69) is 5.32 Å². The number of rotatable bonds is 4. The lowest BCUT2D eigenvalue weighted by atomic mass is 10.1. The first-order chi connectivity index (χ1) is 8.33. The summed E-state index contributed by atoms with van der Waals surface area (Å²) in [5, 5.41) is 2.81. The molecule has 0 spiro atoms. The molecule has 106 valence electrons. The molecular weight excluding hydrogens is 235 g/mol. The van der Waals surface area contributed by atoms with Crippen LogP contribution in [0.3, 0.4) is 0 Å². The zero-order chi connectivity index (χ0) is 13.8. The van der Waals surface area contributed by atoms with Gasteiger partial charge in [-0.05, 0) is 40.7 Å². The van der Waals surface area contributed by atoms with Crippen molar-refractivity contribution in [3.8, 4) is 0 Å². The molecule has 1 aliphatic heterocycles. The fourth-order valence-corrected chi connectivity index (χ4v) is 2.24. The molecule has 18 heavy (non-hydrogen) atoms. The van der Waals surface area contributed by atoms with Gasteiger partial charge in [-0.2, -0.15) is 0 Å². The molecule has 1 saturated heterocycles. The second-order valence-electron chi connectivity index (χ2n) is 5.86. The third kappa shape index (κ3) is 4.80. The molecule has 0 aromatic heterocycles. The molecule has 2 atom stereocenters. The standard InChI is InChI=1S/C13H25FN2O2/c1-13(2,3)18-12(17)16-7-5-6-11(16)8-10(14)9-15-4/h10-11,15H,5-9H2,1-4H3. The van der Waals surface area contributed by atoms with Gasteiger partial charge < -0.3 is 15.0 Å². The van der Waals surface area contributed by atoms with E-state index in [1.54, 1.807) is 11.9 Å². The maximum Gasteiger partial charge on any atom is 0.410 e. The lowest BCUT2D eigenvalue weighted by Crippen LogP contribution is -2.41. The highest BCUT2D eigenvalue weighted by molar-refractivity contribution is 5.68. The number of ether oxygens (including phenoxy) is 1. The number of halogens is 1. The van der Waals surface area contributed by atoms with Crippen LogP contribution in [0.4, 0.5) is 9.18 Å². The maximum atomic E-state index is 13.6. The van der Waals surface area contributed by atoms with E-state index in [4.69, 9.17) is 4.74 Å². The van der Waals surface area contributed by atoms with Crippen molar-refractivity contribution >= 4 is 6.09 Å². The molecule has 1 amide bonds. The summed E-state index contributed by atoms with van der Waals surface area (Å²) in [6.45, 7) is 6.53. The number of hydrogen-bond acceptors (Lipinski definition) is 3. The summed E-state index contributed by atoms with van der Waals surface area (Å²) in [5.74, 6) is 0. The first kappa shape index (κ1) is 15.2. The summed E-state index contributed by atoms with van der Waals surface area (Å²) in [5.41, 5.74) is -0.496. The van der Waals surface area contributed by atoms with Crippen LogP contribution < -0.4 is 5.32 Å². The van der Waals surface area contributed by atoms with Gasteiger partial charge in [-0.1, -0.05) is 0 Å². The highest BCUT2D eigenvalue weighted by atomic mass is 19.1. The Labute approximate surface area is 109 Å². The Hall–Kier alpha value is -0.840. The van der Waals surface area contributed by atoms with Gasteiger partial charge in [-0.15, -0.1) is 0 Å².